The smallest absolute Gasteiger partial charge is 0.325 e. The van der Waals surface area contributed by atoms with Crippen LogP contribution in [0.1, 0.15) is 16.7 Å². The summed E-state index contributed by atoms with van der Waals surface area (Å²) in [6, 6.07) is 26.2. The summed E-state index contributed by atoms with van der Waals surface area (Å²) in [5.41, 5.74) is 4.73. The first-order valence-corrected chi connectivity index (χ1v) is 9.36. The third-order valence-corrected chi connectivity index (χ3v) is 5.38. The monoisotopic (exact) mass is 373 g/mol. The van der Waals surface area contributed by atoms with Crippen LogP contribution >= 0.6 is 0 Å². The normalized spacial score (nSPS) is 14.8. The van der Waals surface area contributed by atoms with E-state index in [4.69, 9.17) is 9.47 Å². The molecule has 4 nitrogen and oxygen atoms in total. The van der Waals surface area contributed by atoms with Crippen molar-refractivity contribution >= 4 is 5.97 Å². The van der Waals surface area contributed by atoms with Crippen molar-refractivity contribution in [2.45, 2.75) is 11.6 Å². The number of methoxy groups -OCH3 is 1. The minimum absolute atomic E-state index is 0.181. The molecule has 0 aliphatic heterocycles. The third kappa shape index (κ3) is 2.82. The molecule has 0 heterocycles. The molecule has 1 aliphatic carbocycles. The quantitative estimate of drug-likeness (QED) is 0.669. The van der Waals surface area contributed by atoms with Gasteiger partial charge in [0, 0.05) is 11.1 Å². The average molecular weight is 373 g/mol. The van der Waals surface area contributed by atoms with Crippen molar-refractivity contribution in [1.82, 2.24) is 5.32 Å². The van der Waals surface area contributed by atoms with Gasteiger partial charge in [0.25, 0.3) is 0 Å². The van der Waals surface area contributed by atoms with Gasteiger partial charge in [-0.2, -0.15) is 0 Å². The van der Waals surface area contributed by atoms with Gasteiger partial charge in [0.1, 0.15) is 11.6 Å². The summed E-state index contributed by atoms with van der Waals surface area (Å²) in [6.07, 6.45) is 0. The Morgan fingerprint density at radius 3 is 1.96 bits per heavy atom. The van der Waals surface area contributed by atoms with Gasteiger partial charge < -0.3 is 14.8 Å². The van der Waals surface area contributed by atoms with E-state index in [0.29, 0.717) is 0 Å². The number of likely N-dealkylation sites (N-methyl/N-ethyl adjacent to an activating group) is 1. The average Bonchev–Trinajstić information content (AvgIpc) is 3.06. The van der Waals surface area contributed by atoms with E-state index in [9.17, 15) is 4.79 Å². The zero-order valence-electron chi connectivity index (χ0n) is 16.0. The van der Waals surface area contributed by atoms with Gasteiger partial charge in [0.2, 0.25) is 0 Å². The Morgan fingerprint density at radius 1 is 0.893 bits per heavy atom. The summed E-state index contributed by atoms with van der Waals surface area (Å²) in [7, 11) is 3.12. The van der Waals surface area contributed by atoms with Crippen LogP contribution in [0.25, 0.3) is 11.1 Å². The van der Waals surface area contributed by atoms with Crippen molar-refractivity contribution in [1.29, 1.82) is 0 Å². The van der Waals surface area contributed by atoms with E-state index in [1.165, 1.54) is 7.11 Å². The molecule has 0 amide bonds. The minimum Gasteiger partial charge on any atom is -0.468 e. The highest BCUT2D eigenvalue weighted by Crippen LogP contribution is 2.53. The lowest BCUT2D eigenvalue weighted by molar-refractivity contribution is -0.145. The van der Waals surface area contributed by atoms with E-state index in [0.717, 1.165) is 27.8 Å². The number of benzene rings is 3. The van der Waals surface area contributed by atoms with Crippen molar-refractivity contribution in [3.05, 3.63) is 95.6 Å². The van der Waals surface area contributed by atoms with E-state index in [-0.39, 0.29) is 12.6 Å². The lowest BCUT2D eigenvalue weighted by Gasteiger charge is -2.34. The van der Waals surface area contributed by atoms with Crippen LogP contribution in [0.4, 0.5) is 0 Å². The van der Waals surface area contributed by atoms with Crippen LogP contribution in [-0.4, -0.2) is 32.8 Å². The second kappa shape index (κ2) is 7.58. The summed E-state index contributed by atoms with van der Waals surface area (Å²) in [5, 5.41) is 2.99. The van der Waals surface area contributed by atoms with E-state index >= 15 is 0 Å². The van der Waals surface area contributed by atoms with Crippen LogP contribution in [0.5, 0.6) is 0 Å². The molecule has 1 aliphatic rings. The lowest BCUT2D eigenvalue weighted by Crippen LogP contribution is -2.43. The van der Waals surface area contributed by atoms with E-state index in [1.54, 1.807) is 7.05 Å². The van der Waals surface area contributed by atoms with Crippen LogP contribution < -0.4 is 5.32 Å². The maximum absolute atomic E-state index is 12.1. The molecule has 142 valence electrons. The van der Waals surface area contributed by atoms with Gasteiger partial charge in [0.05, 0.1) is 13.7 Å². The SMILES string of the molecule is CN[C@@H](COC1(c2ccccc2)c2ccccc2-c2ccccc21)C(=O)OC. The van der Waals surface area contributed by atoms with Crippen LogP contribution in [0, 0.1) is 0 Å². The molecule has 3 aromatic rings. The molecule has 1 N–H and O–H groups in total. The van der Waals surface area contributed by atoms with Gasteiger partial charge in [-0.3, -0.25) is 4.79 Å². The molecule has 0 unspecified atom stereocenters. The highest BCUT2D eigenvalue weighted by molar-refractivity contribution is 5.82. The lowest BCUT2D eigenvalue weighted by atomic mass is 9.84. The maximum Gasteiger partial charge on any atom is 0.325 e. The van der Waals surface area contributed by atoms with Crippen molar-refractivity contribution in [3.8, 4) is 11.1 Å². The number of carbonyl (C=O) groups excluding carboxylic acids is 1. The van der Waals surface area contributed by atoms with Gasteiger partial charge in [-0.25, -0.2) is 0 Å². The van der Waals surface area contributed by atoms with Crippen molar-refractivity contribution < 1.29 is 14.3 Å². The largest absolute Gasteiger partial charge is 0.468 e. The van der Waals surface area contributed by atoms with Gasteiger partial charge in [-0.05, 0) is 23.7 Å². The molecule has 4 heteroatoms. The number of nitrogens with one attached hydrogen (secondary N) is 1. The molecule has 0 radical (unpaired) electrons. The van der Waals surface area contributed by atoms with E-state index in [2.05, 4.69) is 41.7 Å². The third-order valence-electron chi connectivity index (χ3n) is 5.38. The minimum atomic E-state index is -0.780. The highest BCUT2D eigenvalue weighted by atomic mass is 16.5. The van der Waals surface area contributed by atoms with Gasteiger partial charge >= 0.3 is 5.97 Å². The molecule has 0 spiro atoms. The molecule has 0 aromatic heterocycles. The number of hydrogen-bond donors (Lipinski definition) is 1. The van der Waals surface area contributed by atoms with Crippen molar-refractivity contribution in [2.24, 2.45) is 0 Å². The molecule has 0 fully saturated rings. The standard InChI is InChI=1S/C24H23NO3/c1-25-22(23(26)27-2)16-28-24(17-10-4-3-5-11-17)20-14-8-6-12-18(20)19-13-7-9-15-21(19)24/h3-15,22,25H,16H2,1-2H3/t22-/m0/s1. The summed E-state index contributed by atoms with van der Waals surface area (Å²) >= 11 is 0. The molecule has 0 saturated carbocycles. The molecule has 28 heavy (non-hydrogen) atoms. The fourth-order valence-corrected chi connectivity index (χ4v) is 4.04. The summed E-state index contributed by atoms with van der Waals surface area (Å²) in [5.74, 6) is -0.342. The Morgan fingerprint density at radius 2 is 1.43 bits per heavy atom. The molecule has 0 bridgehead atoms. The fraction of sp³-hybridized carbons (Fsp3) is 0.208. The zero-order valence-corrected chi connectivity index (χ0v) is 16.0. The van der Waals surface area contributed by atoms with Crippen LogP contribution in [0.2, 0.25) is 0 Å². The van der Waals surface area contributed by atoms with Crippen molar-refractivity contribution in [3.63, 3.8) is 0 Å². The van der Waals surface area contributed by atoms with Crippen LogP contribution in [-0.2, 0) is 19.9 Å². The second-order valence-electron chi connectivity index (χ2n) is 6.81. The second-order valence-corrected chi connectivity index (χ2v) is 6.81. The molecular formula is C24H23NO3. The zero-order chi connectivity index (χ0) is 19.6. The van der Waals surface area contributed by atoms with E-state index in [1.807, 2.05) is 42.5 Å². The number of esters is 1. The molecule has 4 rings (SSSR count). The Kier molecular flexibility index (Phi) is 4.99. The topological polar surface area (TPSA) is 47.6 Å². The molecule has 0 saturated heterocycles. The predicted molar refractivity (Wildman–Crippen MR) is 109 cm³/mol. The molecule has 3 aromatic carbocycles. The number of ether oxygens (including phenoxy) is 2. The van der Waals surface area contributed by atoms with Gasteiger partial charge in [-0.1, -0.05) is 78.9 Å². The van der Waals surface area contributed by atoms with Crippen molar-refractivity contribution in [2.75, 3.05) is 20.8 Å². The molecular weight excluding hydrogens is 350 g/mol. The number of carbonyl (C=O) groups is 1. The number of fused-ring (bicyclic) bond motifs is 3. The van der Waals surface area contributed by atoms with Gasteiger partial charge in [-0.15, -0.1) is 0 Å². The molecule has 1 atom stereocenters. The Hall–Kier alpha value is -2.95. The van der Waals surface area contributed by atoms with Crippen LogP contribution in [0.15, 0.2) is 78.9 Å². The Balaban J connectivity index is 1.89. The highest BCUT2D eigenvalue weighted by Gasteiger charge is 2.46. The van der Waals surface area contributed by atoms with Crippen LogP contribution in [0.3, 0.4) is 0 Å². The summed E-state index contributed by atoms with van der Waals surface area (Å²) in [4.78, 5) is 12.1. The maximum atomic E-state index is 12.1. The Labute approximate surface area is 165 Å². The summed E-state index contributed by atoms with van der Waals surface area (Å²) < 4.78 is 11.6. The Bertz CT molecular complexity index is 938. The van der Waals surface area contributed by atoms with Gasteiger partial charge in [0.15, 0.2) is 0 Å². The number of hydrogen-bond acceptors (Lipinski definition) is 4. The first-order chi connectivity index (χ1) is 13.7. The van der Waals surface area contributed by atoms with E-state index < -0.39 is 11.6 Å². The summed E-state index contributed by atoms with van der Waals surface area (Å²) in [6.45, 7) is 0.181. The predicted octanol–water partition coefficient (Wildman–Crippen LogP) is 3.74. The fourth-order valence-electron chi connectivity index (χ4n) is 4.04. The number of rotatable bonds is 6. The first kappa shape index (κ1) is 18.4. The first-order valence-electron chi connectivity index (χ1n) is 9.36.